The van der Waals surface area contributed by atoms with Crippen molar-refractivity contribution in [1.29, 1.82) is 0 Å². The highest BCUT2D eigenvalue weighted by atomic mass is 16.4. The molecule has 0 aliphatic heterocycles. The van der Waals surface area contributed by atoms with Gasteiger partial charge < -0.3 is 10.0 Å². The zero-order valence-electron chi connectivity index (χ0n) is 7.94. The molecule has 2 aromatic carbocycles. The van der Waals surface area contributed by atoms with Crippen LogP contribution < -0.4 is 5.46 Å². The number of benzene rings is 2. The molecule has 0 fully saturated rings. The van der Waals surface area contributed by atoms with Crippen LogP contribution in [-0.4, -0.2) is 17.2 Å². The van der Waals surface area contributed by atoms with Crippen molar-refractivity contribution in [2.75, 3.05) is 0 Å². The molecule has 0 saturated heterocycles. The number of fused-ring (bicyclic) bond motifs is 1. The maximum Gasteiger partial charge on any atom is 0.489 e. The van der Waals surface area contributed by atoms with Crippen LogP contribution in [0.3, 0.4) is 0 Å². The summed E-state index contributed by atoms with van der Waals surface area (Å²) in [5, 5.41) is 20.5. The van der Waals surface area contributed by atoms with Gasteiger partial charge in [-0.15, -0.1) is 0 Å². The first-order chi connectivity index (χ1) is 6.70. The van der Waals surface area contributed by atoms with E-state index in [-0.39, 0.29) is 0 Å². The number of aryl methyl sites for hydroxylation is 1. The van der Waals surface area contributed by atoms with Crippen LogP contribution in [-0.2, 0) is 0 Å². The maximum absolute atomic E-state index is 9.26. The molecule has 14 heavy (non-hydrogen) atoms. The van der Waals surface area contributed by atoms with Crippen LogP contribution in [0.2, 0.25) is 0 Å². The summed E-state index contributed by atoms with van der Waals surface area (Å²) < 4.78 is 0. The van der Waals surface area contributed by atoms with E-state index in [4.69, 9.17) is 0 Å². The van der Waals surface area contributed by atoms with Gasteiger partial charge in [0.2, 0.25) is 0 Å². The van der Waals surface area contributed by atoms with E-state index in [9.17, 15) is 10.0 Å². The van der Waals surface area contributed by atoms with Crippen LogP contribution in [0.15, 0.2) is 36.4 Å². The predicted octanol–water partition coefficient (Wildman–Crippen LogP) is 0.828. The molecule has 2 N–H and O–H groups in total. The van der Waals surface area contributed by atoms with Crippen molar-refractivity contribution in [2.45, 2.75) is 6.92 Å². The van der Waals surface area contributed by atoms with Crippen molar-refractivity contribution in [2.24, 2.45) is 0 Å². The van der Waals surface area contributed by atoms with Gasteiger partial charge in [0, 0.05) is 0 Å². The summed E-state index contributed by atoms with van der Waals surface area (Å²) in [4.78, 5) is 0. The summed E-state index contributed by atoms with van der Waals surface area (Å²) in [6.07, 6.45) is 0. The summed E-state index contributed by atoms with van der Waals surface area (Å²) in [7, 11) is -1.40. The highest BCUT2D eigenvalue weighted by molar-refractivity contribution is 6.62. The van der Waals surface area contributed by atoms with Gasteiger partial charge in [-0.3, -0.25) is 0 Å². The molecule has 0 spiro atoms. The zero-order valence-corrected chi connectivity index (χ0v) is 7.94. The SMILES string of the molecule is Cc1ccc2ccccc2c1B(O)O. The zero-order chi connectivity index (χ0) is 10.1. The Bertz CT molecular complexity index is 466. The van der Waals surface area contributed by atoms with Gasteiger partial charge in [-0.25, -0.2) is 0 Å². The second kappa shape index (κ2) is 3.44. The molecule has 0 heterocycles. The van der Waals surface area contributed by atoms with E-state index < -0.39 is 7.12 Å². The normalized spacial score (nSPS) is 10.5. The fourth-order valence-electron chi connectivity index (χ4n) is 1.75. The van der Waals surface area contributed by atoms with Gasteiger partial charge in [0.25, 0.3) is 0 Å². The summed E-state index contributed by atoms with van der Waals surface area (Å²) >= 11 is 0. The van der Waals surface area contributed by atoms with Gasteiger partial charge >= 0.3 is 7.12 Å². The van der Waals surface area contributed by atoms with Crippen LogP contribution in [0.5, 0.6) is 0 Å². The molecule has 0 aromatic heterocycles. The summed E-state index contributed by atoms with van der Waals surface area (Å²) in [5.74, 6) is 0. The number of hydrogen-bond acceptors (Lipinski definition) is 2. The van der Waals surface area contributed by atoms with Crippen LogP contribution in [0, 0.1) is 6.92 Å². The van der Waals surface area contributed by atoms with Crippen molar-refractivity contribution >= 4 is 23.4 Å². The molecule has 0 atom stereocenters. The summed E-state index contributed by atoms with van der Waals surface area (Å²) in [6.45, 7) is 1.88. The Labute approximate surface area is 83.0 Å². The van der Waals surface area contributed by atoms with E-state index in [1.54, 1.807) is 0 Å². The molecule has 2 aromatic rings. The summed E-state index contributed by atoms with van der Waals surface area (Å²) in [6, 6.07) is 11.6. The first-order valence-electron chi connectivity index (χ1n) is 4.54. The monoisotopic (exact) mass is 186 g/mol. The lowest BCUT2D eigenvalue weighted by Crippen LogP contribution is -2.32. The largest absolute Gasteiger partial charge is 0.489 e. The van der Waals surface area contributed by atoms with Gasteiger partial charge in [-0.2, -0.15) is 0 Å². The highest BCUT2D eigenvalue weighted by Crippen LogP contribution is 2.13. The molecule has 0 unspecified atom stereocenters. The fraction of sp³-hybridized carbons (Fsp3) is 0.0909. The Morgan fingerprint density at radius 3 is 2.43 bits per heavy atom. The van der Waals surface area contributed by atoms with Crippen molar-refractivity contribution in [3.63, 3.8) is 0 Å². The lowest BCUT2D eigenvalue weighted by atomic mass is 9.74. The lowest BCUT2D eigenvalue weighted by Gasteiger charge is -2.08. The molecule has 0 bridgehead atoms. The maximum atomic E-state index is 9.26. The Hall–Kier alpha value is -1.32. The van der Waals surface area contributed by atoms with E-state index in [0.717, 1.165) is 16.3 Å². The Kier molecular flexibility index (Phi) is 2.27. The van der Waals surface area contributed by atoms with E-state index in [0.29, 0.717) is 5.46 Å². The van der Waals surface area contributed by atoms with Gasteiger partial charge in [0.15, 0.2) is 0 Å². The standard InChI is InChI=1S/C11H11BO2/c1-8-6-7-9-4-2-3-5-10(9)11(8)12(13)14/h2-7,13-14H,1H3. The average Bonchev–Trinajstić information content (AvgIpc) is 2.17. The Morgan fingerprint density at radius 2 is 1.71 bits per heavy atom. The number of hydrogen-bond donors (Lipinski definition) is 2. The third kappa shape index (κ3) is 1.41. The van der Waals surface area contributed by atoms with E-state index in [1.165, 1.54) is 0 Å². The van der Waals surface area contributed by atoms with Gasteiger partial charge in [-0.05, 0) is 23.2 Å². The first kappa shape index (κ1) is 9.25. The predicted molar refractivity (Wildman–Crippen MR) is 58.5 cm³/mol. The average molecular weight is 186 g/mol. The molecule has 3 heteroatoms. The topological polar surface area (TPSA) is 40.5 Å². The quantitative estimate of drug-likeness (QED) is 0.647. The van der Waals surface area contributed by atoms with Gasteiger partial charge in [-0.1, -0.05) is 42.0 Å². The minimum atomic E-state index is -1.40. The number of rotatable bonds is 1. The third-order valence-electron chi connectivity index (χ3n) is 2.45. The second-order valence-electron chi connectivity index (χ2n) is 3.39. The fourth-order valence-corrected chi connectivity index (χ4v) is 1.75. The molecule has 0 aliphatic carbocycles. The van der Waals surface area contributed by atoms with Crippen LogP contribution in [0.4, 0.5) is 0 Å². The van der Waals surface area contributed by atoms with E-state index >= 15 is 0 Å². The Balaban J connectivity index is 2.83. The van der Waals surface area contributed by atoms with Crippen LogP contribution in [0.1, 0.15) is 5.56 Å². The van der Waals surface area contributed by atoms with Crippen molar-refractivity contribution in [3.05, 3.63) is 42.0 Å². The molecule has 2 nitrogen and oxygen atoms in total. The third-order valence-corrected chi connectivity index (χ3v) is 2.45. The second-order valence-corrected chi connectivity index (χ2v) is 3.39. The molecule has 0 saturated carbocycles. The molecular formula is C11H11BO2. The minimum absolute atomic E-state index is 0.600. The molecule has 0 aliphatic rings. The van der Waals surface area contributed by atoms with Crippen LogP contribution >= 0.6 is 0 Å². The molecule has 70 valence electrons. The van der Waals surface area contributed by atoms with Gasteiger partial charge in [0.1, 0.15) is 0 Å². The minimum Gasteiger partial charge on any atom is -0.423 e. The first-order valence-corrected chi connectivity index (χ1v) is 4.54. The Morgan fingerprint density at radius 1 is 1.00 bits per heavy atom. The molecule has 0 amide bonds. The summed E-state index contributed by atoms with van der Waals surface area (Å²) in [5.41, 5.74) is 1.50. The van der Waals surface area contributed by atoms with E-state index in [2.05, 4.69) is 0 Å². The highest BCUT2D eigenvalue weighted by Gasteiger charge is 2.16. The van der Waals surface area contributed by atoms with Crippen molar-refractivity contribution in [3.8, 4) is 0 Å². The van der Waals surface area contributed by atoms with Crippen LogP contribution in [0.25, 0.3) is 10.8 Å². The van der Waals surface area contributed by atoms with Gasteiger partial charge in [0.05, 0.1) is 0 Å². The van der Waals surface area contributed by atoms with Crippen molar-refractivity contribution in [1.82, 2.24) is 0 Å². The molecule has 2 rings (SSSR count). The molecule has 0 radical (unpaired) electrons. The van der Waals surface area contributed by atoms with Crippen molar-refractivity contribution < 1.29 is 10.0 Å². The molecular weight excluding hydrogens is 175 g/mol. The smallest absolute Gasteiger partial charge is 0.423 e. The lowest BCUT2D eigenvalue weighted by molar-refractivity contribution is 0.426. The van der Waals surface area contributed by atoms with E-state index in [1.807, 2.05) is 43.3 Å².